The summed E-state index contributed by atoms with van der Waals surface area (Å²) in [6.45, 7) is 3.48. The predicted molar refractivity (Wildman–Crippen MR) is 163 cm³/mol. The summed E-state index contributed by atoms with van der Waals surface area (Å²) in [7, 11) is 0. The number of aliphatic hydroxyl groups is 1. The molecule has 0 bridgehead atoms. The first-order valence-corrected chi connectivity index (χ1v) is 14.9. The number of hydrogen-bond donors (Lipinski definition) is 11. The molecule has 0 unspecified atom stereocenters. The van der Waals surface area contributed by atoms with Crippen LogP contribution in [0.3, 0.4) is 0 Å². The summed E-state index contributed by atoms with van der Waals surface area (Å²) in [4.78, 5) is 87.0. The average molecular weight is 646 g/mol. The molecule has 0 aromatic heterocycles. The molecule has 0 rings (SSSR count). The minimum absolute atomic E-state index is 0.145. The van der Waals surface area contributed by atoms with Gasteiger partial charge in [0.2, 0.25) is 35.4 Å². The zero-order valence-corrected chi connectivity index (χ0v) is 26.2. The third-order valence-corrected chi connectivity index (χ3v) is 6.59. The van der Waals surface area contributed by atoms with Gasteiger partial charge in [-0.2, -0.15) is 0 Å². The molecule has 0 fully saturated rings. The summed E-state index contributed by atoms with van der Waals surface area (Å²) in [6, 6.07) is -5.98. The lowest BCUT2D eigenvalue weighted by Crippen LogP contribution is -2.60. The second-order valence-corrected chi connectivity index (χ2v) is 10.8. The molecule has 0 aliphatic rings. The smallest absolute Gasteiger partial charge is 0.322 e. The first-order chi connectivity index (χ1) is 21.2. The van der Waals surface area contributed by atoms with Crippen molar-refractivity contribution in [2.24, 2.45) is 23.1 Å². The molecule has 0 aliphatic heterocycles. The normalized spacial score (nSPS) is 14.2. The summed E-state index contributed by atoms with van der Waals surface area (Å²) < 4.78 is 0. The van der Waals surface area contributed by atoms with E-state index in [0.717, 1.165) is 0 Å². The number of hydrogen-bond acceptors (Lipinski definition) is 11. The summed E-state index contributed by atoms with van der Waals surface area (Å²) in [5.41, 5.74) is 16.4. The van der Waals surface area contributed by atoms with Crippen molar-refractivity contribution in [3.63, 3.8) is 0 Å². The van der Waals surface area contributed by atoms with Crippen LogP contribution in [-0.2, 0) is 33.6 Å². The number of amides is 6. The van der Waals surface area contributed by atoms with Gasteiger partial charge < -0.3 is 59.3 Å². The molecule has 6 amide bonds. The minimum atomic E-state index is -1.48. The molecule has 0 aromatic carbocycles. The summed E-state index contributed by atoms with van der Waals surface area (Å²) in [5, 5.41) is 33.1. The molecule has 0 aliphatic carbocycles. The van der Waals surface area contributed by atoms with Crippen molar-refractivity contribution in [1.82, 2.24) is 31.9 Å². The van der Waals surface area contributed by atoms with Crippen LogP contribution < -0.4 is 49.1 Å². The Kier molecular flexibility index (Phi) is 20.7. The fraction of sp³-hybridized carbons (Fsp3) is 0.741. The molecule has 0 saturated carbocycles. The maximum absolute atomic E-state index is 13.3. The van der Waals surface area contributed by atoms with E-state index in [-0.39, 0.29) is 19.4 Å². The highest BCUT2D eigenvalue weighted by Crippen LogP contribution is 2.08. The Morgan fingerprint density at radius 3 is 1.58 bits per heavy atom. The van der Waals surface area contributed by atoms with Crippen LogP contribution in [0.4, 0.5) is 0 Å². The Morgan fingerprint density at radius 2 is 1.11 bits per heavy atom. The fourth-order valence-electron chi connectivity index (χ4n) is 3.99. The standard InChI is InChI=1S/C27H51N9O9/c1-15(2)22(36-26(44)19(14-37)35-25(43)17(8-4-6-10-28)33-20(38)12-30)27(45)34-18(9-5-7-11-29)24(42)32-16(3)23(41)31-13-21(39)40/h15-19,22,37H,4-14,28-30H2,1-3H3,(H,31,41)(H,32,42)(H,33,38)(H,34,45)(H,35,43)(H,36,44)(H,39,40)/t16-,17-,18-,19-,22-/m0/s1. The number of carbonyl (C=O) groups excluding carboxylic acids is 6. The van der Waals surface area contributed by atoms with Crippen molar-refractivity contribution in [2.75, 3.05) is 32.8 Å². The number of carbonyl (C=O) groups is 7. The maximum Gasteiger partial charge on any atom is 0.322 e. The van der Waals surface area contributed by atoms with Gasteiger partial charge in [0, 0.05) is 0 Å². The molecule has 258 valence electrons. The summed E-state index contributed by atoms with van der Waals surface area (Å²) in [5.74, 6) is -6.20. The van der Waals surface area contributed by atoms with E-state index in [2.05, 4.69) is 31.9 Å². The molecule has 0 spiro atoms. The number of nitrogens with two attached hydrogens (primary N) is 3. The lowest BCUT2D eigenvalue weighted by molar-refractivity contribution is -0.138. The molecule has 0 heterocycles. The van der Waals surface area contributed by atoms with Crippen LogP contribution in [0.5, 0.6) is 0 Å². The van der Waals surface area contributed by atoms with Crippen LogP contribution >= 0.6 is 0 Å². The first-order valence-electron chi connectivity index (χ1n) is 14.9. The zero-order valence-electron chi connectivity index (χ0n) is 26.2. The van der Waals surface area contributed by atoms with Gasteiger partial charge in [-0.3, -0.25) is 33.6 Å². The van der Waals surface area contributed by atoms with Gasteiger partial charge >= 0.3 is 5.97 Å². The summed E-state index contributed by atoms with van der Waals surface area (Å²) in [6.07, 6.45) is 2.41. The number of aliphatic hydroxyl groups excluding tert-OH is 1. The molecule has 14 N–H and O–H groups in total. The molecular formula is C27H51N9O9. The van der Waals surface area contributed by atoms with Crippen LogP contribution in [0.1, 0.15) is 59.3 Å². The molecular weight excluding hydrogens is 594 g/mol. The van der Waals surface area contributed by atoms with Crippen molar-refractivity contribution in [3.8, 4) is 0 Å². The Balaban J connectivity index is 5.65. The first kappa shape index (κ1) is 41.1. The lowest BCUT2D eigenvalue weighted by Gasteiger charge is -2.28. The number of unbranched alkanes of at least 4 members (excludes halogenated alkanes) is 2. The largest absolute Gasteiger partial charge is 0.480 e. The number of aliphatic carboxylic acids is 1. The highest BCUT2D eigenvalue weighted by atomic mass is 16.4. The molecule has 0 aromatic rings. The monoisotopic (exact) mass is 645 g/mol. The zero-order chi connectivity index (χ0) is 34.5. The molecule has 5 atom stereocenters. The van der Waals surface area contributed by atoms with Crippen molar-refractivity contribution in [1.29, 1.82) is 0 Å². The van der Waals surface area contributed by atoms with Crippen molar-refractivity contribution in [3.05, 3.63) is 0 Å². The minimum Gasteiger partial charge on any atom is -0.480 e. The predicted octanol–water partition coefficient (Wildman–Crippen LogP) is -4.50. The van der Waals surface area contributed by atoms with E-state index < -0.39 is 90.7 Å². The van der Waals surface area contributed by atoms with Gasteiger partial charge in [-0.25, -0.2) is 0 Å². The third kappa shape index (κ3) is 16.7. The average Bonchev–Trinajstić information content (AvgIpc) is 2.99. The Bertz CT molecular complexity index is 997. The molecule has 45 heavy (non-hydrogen) atoms. The molecule has 0 saturated heterocycles. The van der Waals surface area contributed by atoms with Crippen molar-refractivity contribution < 1.29 is 43.8 Å². The van der Waals surface area contributed by atoms with Crippen LogP contribution in [0.2, 0.25) is 0 Å². The van der Waals surface area contributed by atoms with E-state index in [1.165, 1.54) is 6.92 Å². The van der Waals surface area contributed by atoms with Gasteiger partial charge in [-0.15, -0.1) is 0 Å². The van der Waals surface area contributed by atoms with Gasteiger partial charge in [-0.05, 0) is 64.5 Å². The second kappa shape index (κ2) is 22.6. The van der Waals surface area contributed by atoms with Gasteiger partial charge in [0.05, 0.1) is 13.2 Å². The number of carboxylic acids is 1. The summed E-state index contributed by atoms with van der Waals surface area (Å²) >= 11 is 0. The van der Waals surface area contributed by atoms with Gasteiger partial charge in [0.25, 0.3) is 0 Å². The van der Waals surface area contributed by atoms with E-state index in [0.29, 0.717) is 38.8 Å². The van der Waals surface area contributed by atoms with Crippen LogP contribution in [0.15, 0.2) is 0 Å². The highest BCUT2D eigenvalue weighted by Gasteiger charge is 2.33. The molecule has 0 radical (unpaired) electrons. The number of rotatable bonds is 23. The Labute approximate surface area is 262 Å². The van der Waals surface area contributed by atoms with Gasteiger partial charge in [-0.1, -0.05) is 13.8 Å². The van der Waals surface area contributed by atoms with Crippen molar-refractivity contribution in [2.45, 2.75) is 89.5 Å². The fourth-order valence-corrected chi connectivity index (χ4v) is 3.99. The van der Waals surface area contributed by atoms with Gasteiger partial charge in [0.15, 0.2) is 0 Å². The lowest BCUT2D eigenvalue weighted by atomic mass is 10.0. The van der Waals surface area contributed by atoms with Crippen LogP contribution in [0, 0.1) is 5.92 Å². The SMILES string of the molecule is CC(C)[C@H](NC(=O)[C@H](CO)NC(=O)[C@H](CCCCN)NC(=O)CN)C(=O)N[C@@H](CCCCN)C(=O)N[C@@H](C)C(=O)NCC(=O)O. The van der Waals surface area contributed by atoms with Crippen molar-refractivity contribution >= 4 is 41.4 Å². The maximum atomic E-state index is 13.3. The topological polar surface area (TPSA) is 310 Å². The van der Waals surface area contributed by atoms with E-state index in [1.54, 1.807) is 13.8 Å². The number of nitrogens with one attached hydrogen (secondary N) is 6. The van der Waals surface area contributed by atoms with Crippen LogP contribution in [0.25, 0.3) is 0 Å². The van der Waals surface area contributed by atoms with E-state index in [4.69, 9.17) is 22.3 Å². The Morgan fingerprint density at radius 1 is 0.622 bits per heavy atom. The molecule has 18 nitrogen and oxygen atoms in total. The second-order valence-electron chi connectivity index (χ2n) is 10.8. The molecule has 18 heteroatoms. The van der Waals surface area contributed by atoms with Crippen LogP contribution in [-0.4, -0.2) is 115 Å². The van der Waals surface area contributed by atoms with Gasteiger partial charge in [0.1, 0.15) is 36.8 Å². The van der Waals surface area contributed by atoms with E-state index >= 15 is 0 Å². The third-order valence-electron chi connectivity index (χ3n) is 6.59. The quantitative estimate of drug-likeness (QED) is 0.0469. The Hall–Kier alpha value is -3.87. The highest BCUT2D eigenvalue weighted by molar-refractivity contribution is 5.96. The van der Waals surface area contributed by atoms with E-state index in [1.807, 2.05) is 0 Å². The number of carboxylic acid groups (broad SMARTS) is 1. The van der Waals surface area contributed by atoms with E-state index in [9.17, 15) is 38.7 Å².